The smallest absolute Gasteiger partial charge is 0.160 e. The third-order valence-corrected chi connectivity index (χ3v) is 4.39. The summed E-state index contributed by atoms with van der Waals surface area (Å²) in [5, 5.41) is 3.10. The van der Waals surface area contributed by atoms with Crippen molar-refractivity contribution in [2.24, 2.45) is 0 Å². The lowest BCUT2D eigenvalue weighted by atomic mass is 10.3. The van der Waals surface area contributed by atoms with Crippen molar-refractivity contribution in [1.29, 1.82) is 0 Å². The summed E-state index contributed by atoms with van der Waals surface area (Å²) >= 11 is 7.67. The summed E-state index contributed by atoms with van der Waals surface area (Å²) < 4.78 is 2.07. The number of aromatic nitrogens is 4. The van der Waals surface area contributed by atoms with Crippen LogP contribution in [0, 0.1) is 6.92 Å². The number of alkyl halides is 1. The van der Waals surface area contributed by atoms with Gasteiger partial charge in [0, 0.05) is 17.3 Å². The quantitative estimate of drug-likeness (QED) is 0.694. The molecule has 0 aromatic carbocycles. The van der Waals surface area contributed by atoms with Gasteiger partial charge in [-0.25, -0.2) is 15.0 Å². The van der Waals surface area contributed by atoms with Crippen LogP contribution in [0.25, 0.3) is 11.2 Å². The van der Waals surface area contributed by atoms with Crippen molar-refractivity contribution in [3.8, 4) is 0 Å². The van der Waals surface area contributed by atoms with E-state index in [1.807, 2.05) is 19.1 Å². The van der Waals surface area contributed by atoms with Crippen LogP contribution in [0.1, 0.15) is 29.5 Å². The van der Waals surface area contributed by atoms with Gasteiger partial charge >= 0.3 is 0 Å². The van der Waals surface area contributed by atoms with Crippen LogP contribution in [-0.2, 0) is 5.88 Å². The molecule has 4 nitrogen and oxygen atoms in total. The van der Waals surface area contributed by atoms with E-state index in [-0.39, 0.29) is 6.04 Å². The van der Waals surface area contributed by atoms with Crippen LogP contribution in [0.2, 0.25) is 0 Å². The van der Waals surface area contributed by atoms with Gasteiger partial charge in [-0.2, -0.15) is 0 Å². The molecule has 0 radical (unpaired) electrons. The van der Waals surface area contributed by atoms with Gasteiger partial charge in [0.15, 0.2) is 5.65 Å². The maximum Gasteiger partial charge on any atom is 0.160 e. The molecule has 0 saturated carbocycles. The number of halogens is 1. The van der Waals surface area contributed by atoms with Gasteiger partial charge in [-0.15, -0.1) is 22.9 Å². The molecule has 0 aliphatic rings. The van der Waals surface area contributed by atoms with Gasteiger partial charge in [0.25, 0.3) is 0 Å². The van der Waals surface area contributed by atoms with E-state index >= 15 is 0 Å². The Morgan fingerprint density at radius 2 is 2.26 bits per heavy atom. The minimum absolute atomic E-state index is 0.0901. The molecule has 3 aromatic rings. The average Bonchev–Trinajstić information content (AvgIpc) is 3.01. The van der Waals surface area contributed by atoms with Crippen LogP contribution in [-0.4, -0.2) is 19.5 Å². The van der Waals surface area contributed by atoms with Gasteiger partial charge in [-0.3, -0.25) is 0 Å². The van der Waals surface area contributed by atoms with Crippen molar-refractivity contribution in [2.75, 3.05) is 0 Å². The highest BCUT2D eigenvalue weighted by atomic mass is 35.5. The van der Waals surface area contributed by atoms with E-state index in [4.69, 9.17) is 11.6 Å². The normalized spacial score (nSPS) is 13.0. The number of thiazole rings is 1. The van der Waals surface area contributed by atoms with Crippen LogP contribution < -0.4 is 0 Å². The highest BCUT2D eigenvalue weighted by Gasteiger charge is 2.19. The zero-order valence-electron chi connectivity index (χ0n) is 10.7. The van der Waals surface area contributed by atoms with E-state index in [0.29, 0.717) is 5.88 Å². The number of rotatable bonds is 3. The highest BCUT2D eigenvalue weighted by molar-refractivity contribution is 7.09. The van der Waals surface area contributed by atoms with Crippen molar-refractivity contribution in [3.05, 3.63) is 40.2 Å². The van der Waals surface area contributed by atoms with Crippen LogP contribution in [0.4, 0.5) is 0 Å². The molecule has 6 heteroatoms. The van der Waals surface area contributed by atoms with E-state index in [9.17, 15) is 0 Å². The average molecular weight is 293 g/mol. The molecule has 3 heterocycles. The van der Waals surface area contributed by atoms with Crippen LogP contribution in [0.3, 0.4) is 0 Å². The Kier molecular flexibility index (Phi) is 3.24. The topological polar surface area (TPSA) is 43.6 Å². The molecule has 0 fully saturated rings. The van der Waals surface area contributed by atoms with E-state index in [2.05, 4.69) is 31.8 Å². The predicted octanol–water partition coefficient (Wildman–Crippen LogP) is 3.54. The fourth-order valence-electron chi connectivity index (χ4n) is 2.15. The van der Waals surface area contributed by atoms with E-state index in [0.717, 1.165) is 27.7 Å². The first kappa shape index (κ1) is 12.6. The van der Waals surface area contributed by atoms with Crippen molar-refractivity contribution >= 4 is 34.1 Å². The molecule has 3 aromatic heterocycles. The second kappa shape index (κ2) is 4.90. The monoisotopic (exact) mass is 292 g/mol. The second-order valence-corrected chi connectivity index (χ2v) is 5.54. The largest absolute Gasteiger partial charge is 0.302 e. The summed E-state index contributed by atoms with van der Waals surface area (Å²) in [6.45, 7) is 4.10. The molecule has 1 unspecified atom stereocenters. The highest BCUT2D eigenvalue weighted by Crippen LogP contribution is 2.27. The summed E-state index contributed by atoms with van der Waals surface area (Å²) in [6, 6.07) is 3.93. The van der Waals surface area contributed by atoms with Gasteiger partial charge in [0.1, 0.15) is 16.3 Å². The number of imidazole rings is 1. The van der Waals surface area contributed by atoms with Gasteiger partial charge in [-0.05, 0) is 26.0 Å². The summed E-state index contributed by atoms with van der Waals surface area (Å²) in [6.07, 6.45) is 1.78. The molecule has 0 aliphatic carbocycles. The lowest BCUT2D eigenvalue weighted by molar-refractivity contribution is 0.624. The number of hydrogen-bond donors (Lipinski definition) is 0. The molecule has 3 rings (SSSR count). The molecule has 0 amide bonds. The first-order valence-corrected chi connectivity index (χ1v) is 7.42. The molecule has 0 spiro atoms. The molecular formula is C13H13ClN4S. The Hall–Kier alpha value is -1.46. The van der Waals surface area contributed by atoms with Gasteiger partial charge in [0.05, 0.1) is 11.9 Å². The lowest BCUT2D eigenvalue weighted by Gasteiger charge is -2.13. The number of fused-ring (bicyclic) bond motifs is 1. The molecule has 0 N–H and O–H groups in total. The summed E-state index contributed by atoms with van der Waals surface area (Å²) in [4.78, 5) is 13.5. The Morgan fingerprint density at radius 3 is 2.95 bits per heavy atom. The maximum absolute atomic E-state index is 6.01. The number of hydrogen-bond acceptors (Lipinski definition) is 4. The lowest BCUT2D eigenvalue weighted by Crippen LogP contribution is -2.10. The van der Waals surface area contributed by atoms with Crippen molar-refractivity contribution in [3.63, 3.8) is 0 Å². The molecule has 0 aliphatic heterocycles. The Morgan fingerprint density at radius 1 is 1.42 bits per heavy atom. The molecule has 0 bridgehead atoms. The number of aryl methyl sites for hydroxylation is 1. The zero-order chi connectivity index (χ0) is 13.4. The fourth-order valence-corrected chi connectivity index (χ4v) is 3.18. The minimum Gasteiger partial charge on any atom is -0.302 e. The summed E-state index contributed by atoms with van der Waals surface area (Å²) in [5.41, 5.74) is 2.77. The molecule has 1 atom stereocenters. The number of pyridine rings is 1. The van der Waals surface area contributed by atoms with Gasteiger partial charge in [-0.1, -0.05) is 0 Å². The van der Waals surface area contributed by atoms with Crippen molar-refractivity contribution < 1.29 is 0 Å². The maximum atomic E-state index is 6.01. The molecule has 0 saturated heterocycles. The van der Waals surface area contributed by atoms with Crippen LogP contribution in [0.15, 0.2) is 23.7 Å². The van der Waals surface area contributed by atoms with E-state index in [1.165, 1.54) is 0 Å². The second-order valence-electron chi connectivity index (χ2n) is 4.38. The van der Waals surface area contributed by atoms with Crippen molar-refractivity contribution in [1.82, 2.24) is 19.5 Å². The van der Waals surface area contributed by atoms with Crippen LogP contribution >= 0.6 is 22.9 Å². The van der Waals surface area contributed by atoms with Crippen LogP contribution in [0.5, 0.6) is 0 Å². The zero-order valence-corrected chi connectivity index (χ0v) is 12.2. The molecule has 98 valence electrons. The van der Waals surface area contributed by atoms with Gasteiger partial charge < -0.3 is 4.57 Å². The first-order chi connectivity index (χ1) is 9.20. The summed E-state index contributed by atoms with van der Waals surface area (Å²) in [5.74, 6) is 1.20. The molecular weight excluding hydrogens is 280 g/mol. The SMILES string of the molecule is Cc1csc(C(C)n2c(CCl)nc3cccnc32)n1. The number of nitrogens with zero attached hydrogens (tertiary/aromatic N) is 4. The van der Waals surface area contributed by atoms with E-state index in [1.54, 1.807) is 17.5 Å². The third-order valence-electron chi connectivity index (χ3n) is 3.02. The Balaban J connectivity index is 2.17. The van der Waals surface area contributed by atoms with Gasteiger partial charge in [0.2, 0.25) is 0 Å². The Bertz CT molecular complexity index is 718. The third kappa shape index (κ3) is 2.13. The minimum atomic E-state index is 0.0901. The summed E-state index contributed by atoms with van der Waals surface area (Å²) in [7, 11) is 0. The van der Waals surface area contributed by atoms with E-state index < -0.39 is 0 Å². The Labute approximate surface area is 120 Å². The molecule has 19 heavy (non-hydrogen) atoms. The standard InChI is InChI=1S/C13H13ClN4S/c1-8-7-19-13(16-8)9(2)18-11(6-14)17-10-4-3-5-15-12(10)18/h3-5,7,9H,6H2,1-2H3. The van der Waals surface area contributed by atoms with Crippen molar-refractivity contribution in [2.45, 2.75) is 25.8 Å². The predicted molar refractivity (Wildman–Crippen MR) is 77.7 cm³/mol. The first-order valence-electron chi connectivity index (χ1n) is 6.00. The fraction of sp³-hybridized carbons (Fsp3) is 0.308.